The minimum absolute atomic E-state index is 0.102. The fraction of sp³-hybridized carbons (Fsp3) is 0.0370. The predicted molar refractivity (Wildman–Crippen MR) is 139 cm³/mol. The molecule has 0 fully saturated rings. The van der Waals surface area contributed by atoms with E-state index in [1.165, 1.54) is 19.4 Å². The van der Waals surface area contributed by atoms with E-state index in [2.05, 4.69) is 37.4 Å². The van der Waals surface area contributed by atoms with Crippen molar-refractivity contribution in [2.45, 2.75) is 0 Å². The second-order valence-electron chi connectivity index (χ2n) is 7.80. The Hall–Kier alpha value is -5.70. The molecule has 11 heteroatoms. The van der Waals surface area contributed by atoms with Crippen molar-refractivity contribution < 1.29 is 9.53 Å². The molecule has 10 nitrogen and oxygen atoms in total. The molecule has 5 rings (SSSR count). The summed E-state index contributed by atoms with van der Waals surface area (Å²) in [6.45, 7) is 0. The molecule has 0 saturated heterocycles. The first-order valence-electron chi connectivity index (χ1n) is 11.0. The summed E-state index contributed by atoms with van der Waals surface area (Å²) in [5.41, 5.74) is 3.78. The van der Waals surface area contributed by atoms with Gasteiger partial charge in [-0.1, -0.05) is 23.5 Å². The number of amides is 1. The molecule has 0 radical (unpaired) electrons. The van der Waals surface area contributed by atoms with Crippen molar-refractivity contribution in [2.75, 3.05) is 12.4 Å². The van der Waals surface area contributed by atoms with E-state index < -0.39 is 5.91 Å². The molecule has 0 saturated carbocycles. The second kappa shape index (κ2) is 10.1. The van der Waals surface area contributed by atoms with Gasteiger partial charge in [0, 0.05) is 22.9 Å². The zero-order valence-electron chi connectivity index (χ0n) is 19.6. The lowest BCUT2D eigenvalue weighted by atomic mass is 9.97. The average Bonchev–Trinajstić information content (AvgIpc) is 3.37. The molecular weight excluding hydrogens is 500 g/mol. The Labute approximate surface area is 220 Å². The summed E-state index contributed by atoms with van der Waals surface area (Å²) in [4.78, 5) is 31.2. The standard InChI is InChI=1S/C27H14N8O2S/c1-37-23-7-4-16(11-29)8-20(23)19-9-18(12-30)31-13-21(19)25(36)35-27-34-24-26(38-27)33-22(14-32-24)17-5-2-15(10-28)3-6-17/h2-9,13-14H,1H3,(H,32,34,35,36). The zero-order valence-corrected chi connectivity index (χ0v) is 20.4. The van der Waals surface area contributed by atoms with Crippen LogP contribution in [0.1, 0.15) is 27.2 Å². The van der Waals surface area contributed by atoms with Crippen LogP contribution in [-0.4, -0.2) is 33.0 Å². The van der Waals surface area contributed by atoms with Crippen LogP contribution < -0.4 is 10.1 Å². The van der Waals surface area contributed by atoms with Gasteiger partial charge >= 0.3 is 0 Å². The number of benzene rings is 2. The van der Waals surface area contributed by atoms with Crippen molar-refractivity contribution in [2.24, 2.45) is 0 Å². The molecule has 180 valence electrons. The molecule has 3 heterocycles. The molecule has 0 unspecified atom stereocenters. The van der Waals surface area contributed by atoms with E-state index in [1.54, 1.807) is 48.7 Å². The largest absolute Gasteiger partial charge is 0.496 e. The SMILES string of the molecule is COc1ccc(C#N)cc1-c1cc(C#N)ncc1C(=O)Nc1nc2ncc(-c3ccc(C#N)cc3)nc2s1. The van der Waals surface area contributed by atoms with Gasteiger partial charge in [-0.3, -0.25) is 10.1 Å². The molecule has 0 atom stereocenters. The number of methoxy groups -OCH3 is 1. The Bertz CT molecular complexity index is 1840. The van der Waals surface area contributed by atoms with Crippen LogP contribution in [0, 0.1) is 34.0 Å². The summed E-state index contributed by atoms with van der Waals surface area (Å²) in [6, 6.07) is 19.4. The summed E-state index contributed by atoms with van der Waals surface area (Å²) in [6.07, 6.45) is 2.88. The van der Waals surface area contributed by atoms with Gasteiger partial charge < -0.3 is 4.74 Å². The third kappa shape index (κ3) is 4.59. The first kappa shape index (κ1) is 24.0. The van der Waals surface area contributed by atoms with Crippen LogP contribution in [0.15, 0.2) is 60.9 Å². The normalized spacial score (nSPS) is 10.3. The highest BCUT2D eigenvalue weighted by Gasteiger charge is 2.20. The van der Waals surface area contributed by atoms with Crippen molar-refractivity contribution in [3.05, 3.63) is 83.3 Å². The van der Waals surface area contributed by atoms with E-state index in [0.717, 1.165) is 16.9 Å². The maximum Gasteiger partial charge on any atom is 0.259 e. The van der Waals surface area contributed by atoms with Gasteiger partial charge in [0.1, 0.15) is 17.5 Å². The Kier molecular flexibility index (Phi) is 6.39. The molecule has 0 aliphatic carbocycles. The van der Waals surface area contributed by atoms with E-state index in [9.17, 15) is 15.3 Å². The van der Waals surface area contributed by atoms with E-state index in [-0.39, 0.29) is 16.4 Å². The van der Waals surface area contributed by atoms with Crippen molar-refractivity contribution in [1.82, 2.24) is 19.9 Å². The van der Waals surface area contributed by atoms with Gasteiger partial charge in [0.25, 0.3) is 5.91 Å². The lowest BCUT2D eigenvalue weighted by molar-refractivity contribution is 0.102. The van der Waals surface area contributed by atoms with Crippen LogP contribution in [-0.2, 0) is 0 Å². The predicted octanol–water partition coefficient (Wildman–Crippen LogP) is 4.69. The van der Waals surface area contributed by atoms with E-state index >= 15 is 0 Å². The van der Waals surface area contributed by atoms with Gasteiger partial charge in [-0.2, -0.15) is 20.8 Å². The highest BCUT2D eigenvalue weighted by atomic mass is 32.1. The first-order valence-corrected chi connectivity index (χ1v) is 11.8. The summed E-state index contributed by atoms with van der Waals surface area (Å²) < 4.78 is 5.44. The van der Waals surface area contributed by atoms with E-state index in [4.69, 9.17) is 10.00 Å². The maximum atomic E-state index is 13.3. The summed E-state index contributed by atoms with van der Waals surface area (Å²) in [7, 11) is 1.48. The van der Waals surface area contributed by atoms with Crippen molar-refractivity contribution in [3.8, 4) is 46.3 Å². The fourth-order valence-electron chi connectivity index (χ4n) is 3.70. The van der Waals surface area contributed by atoms with Gasteiger partial charge in [-0.25, -0.2) is 15.0 Å². The number of fused-ring (bicyclic) bond motifs is 1. The van der Waals surface area contributed by atoms with Crippen molar-refractivity contribution >= 4 is 32.9 Å². The lowest BCUT2D eigenvalue weighted by Gasteiger charge is -2.13. The maximum absolute atomic E-state index is 13.3. The van der Waals surface area contributed by atoms with Crippen LogP contribution in [0.5, 0.6) is 5.75 Å². The van der Waals surface area contributed by atoms with E-state index in [1.807, 2.05) is 6.07 Å². The molecule has 0 aliphatic rings. The minimum atomic E-state index is -0.521. The number of hydrogen-bond acceptors (Lipinski definition) is 10. The number of ether oxygens (including phenoxy) is 1. The van der Waals surface area contributed by atoms with E-state index in [0.29, 0.717) is 44.2 Å². The van der Waals surface area contributed by atoms with Crippen LogP contribution in [0.2, 0.25) is 0 Å². The Morgan fingerprint density at radius 1 is 0.895 bits per heavy atom. The molecule has 38 heavy (non-hydrogen) atoms. The third-order valence-corrected chi connectivity index (χ3v) is 6.39. The smallest absolute Gasteiger partial charge is 0.259 e. The highest BCUT2D eigenvalue weighted by molar-refractivity contribution is 7.21. The number of thiazole rings is 1. The third-order valence-electron chi connectivity index (χ3n) is 5.54. The second-order valence-corrected chi connectivity index (χ2v) is 8.78. The number of nitrogens with zero attached hydrogens (tertiary/aromatic N) is 7. The number of rotatable bonds is 5. The topological polar surface area (TPSA) is 161 Å². The molecule has 5 aromatic rings. The highest BCUT2D eigenvalue weighted by Crippen LogP contribution is 2.34. The van der Waals surface area contributed by atoms with Gasteiger partial charge in [0.2, 0.25) is 0 Å². The molecular formula is C27H14N8O2S. The molecule has 2 aromatic carbocycles. The number of carbonyl (C=O) groups is 1. The number of carbonyl (C=O) groups excluding carboxylic acids is 1. The molecule has 0 aliphatic heterocycles. The van der Waals surface area contributed by atoms with Crippen LogP contribution >= 0.6 is 11.3 Å². The van der Waals surface area contributed by atoms with Crippen LogP contribution in [0.4, 0.5) is 5.13 Å². The Balaban J connectivity index is 1.49. The van der Waals surface area contributed by atoms with Gasteiger partial charge in [0.15, 0.2) is 15.6 Å². The van der Waals surface area contributed by atoms with Gasteiger partial charge in [0.05, 0.1) is 47.8 Å². The average molecular weight is 515 g/mol. The number of anilines is 1. The van der Waals surface area contributed by atoms with Crippen LogP contribution in [0.25, 0.3) is 32.9 Å². The van der Waals surface area contributed by atoms with Crippen molar-refractivity contribution in [3.63, 3.8) is 0 Å². The monoisotopic (exact) mass is 514 g/mol. The number of pyridine rings is 1. The fourth-order valence-corrected chi connectivity index (χ4v) is 4.49. The van der Waals surface area contributed by atoms with Crippen LogP contribution in [0.3, 0.4) is 0 Å². The number of hydrogen-bond donors (Lipinski definition) is 1. The quantitative estimate of drug-likeness (QED) is 0.350. The van der Waals surface area contributed by atoms with Crippen molar-refractivity contribution in [1.29, 1.82) is 15.8 Å². The Morgan fingerprint density at radius 2 is 1.66 bits per heavy atom. The summed E-state index contributed by atoms with van der Waals surface area (Å²) >= 11 is 1.15. The number of nitrogens with one attached hydrogen (secondary N) is 1. The molecule has 1 amide bonds. The minimum Gasteiger partial charge on any atom is -0.496 e. The van der Waals surface area contributed by atoms with Gasteiger partial charge in [-0.05, 0) is 36.4 Å². The number of nitriles is 3. The molecule has 3 aromatic heterocycles. The first-order chi connectivity index (χ1) is 18.5. The van der Waals surface area contributed by atoms with Gasteiger partial charge in [-0.15, -0.1) is 0 Å². The molecule has 1 N–H and O–H groups in total. The molecule has 0 bridgehead atoms. The zero-order chi connectivity index (χ0) is 26.6. The molecule has 0 spiro atoms. The Morgan fingerprint density at radius 3 is 2.37 bits per heavy atom. The number of aromatic nitrogens is 4. The lowest BCUT2D eigenvalue weighted by Crippen LogP contribution is -2.14. The summed E-state index contributed by atoms with van der Waals surface area (Å²) in [5, 5.41) is 30.8. The summed E-state index contributed by atoms with van der Waals surface area (Å²) in [5.74, 6) is -0.0929.